The molecule has 0 atom stereocenters. The minimum atomic E-state index is 1.39. The summed E-state index contributed by atoms with van der Waals surface area (Å²) in [6, 6.07) is 0. The van der Waals surface area contributed by atoms with Crippen molar-refractivity contribution in [3.63, 3.8) is 0 Å². The predicted octanol–water partition coefficient (Wildman–Crippen LogP) is 3.54. The van der Waals surface area contributed by atoms with E-state index in [1.54, 1.807) is 24.3 Å². The normalized spacial score (nSPS) is 12.9. The molecule has 0 saturated carbocycles. The Labute approximate surface area is 76.3 Å². The average molecular weight is 191 g/mol. The van der Waals surface area contributed by atoms with Crippen LogP contribution in [0, 0.1) is 0 Å². The number of hydrogen-bond donors (Lipinski definition) is 0. The predicted molar refractivity (Wildman–Crippen MR) is 49.4 cm³/mol. The minimum Gasteiger partial charge on any atom is -0.473 e. The van der Waals surface area contributed by atoms with E-state index in [0.717, 1.165) is 0 Å². The maximum atomic E-state index is 5.23. The van der Waals surface area contributed by atoms with E-state index in [-0.39, 0.29) is 0 Å². The highest BCUT2D eigenvalue weighted by atomic mass is 35.5. The monoisotopic (exact) mass is 190 g/mol. The van der Waals surface area contributed by atoms with Crippen LogP contribution in [0.25, 0.3) is 0 Å². The highest BCUT2D eigenvalue weighted by molar-refractivity contribution is 6.25. The zero-order valence-corrected chi connectivity index (χ0v) is 7.29. The Bertz CT molecular complexity index is 161. The van der Waals surface area contributed by atoms with Gasteiger partial charge in [-0.2, -0.15) is 0 Å². The van der Waals surface area contributed by atoms with Crippen LogP contribution in [0.5, 0.6) is 0 Å². The van der Waals surface area contributed by atoms with Crippen molar-refractivity contribution in [2.24, 2.45) is 0 Å². The first-order chi connectivity index (χ1) is 5.41. The minimum absolute atomic E-state index is 1.39. The van der Waals surface area contributed by atoms with E-state index in [1.165, 1.54) is 23.6 Å². The van der Waals surface area contributed by atoms with Crippen molar-refractivity contribution in [3.05, 3.63) is 47.9 Å². The number of halogens is 2. The van der Waals surface area contributed by atoms with Crippen LogP contribution in [0.15, 0.2) is 47.9 Å². The van der Waals surface area contributed by atoms with Gasteiger partial charge in [0, 0.05) is 11.1 Å². The number of ether oxygens (including phenoxy) is 1. The molecule has 1 nitrogen and oxygen atoms in total. The number of allylic oxidation sites excluding steroid dienone is 4. The third-order valence-electron chi connectivity index (χ3n) is 0.682. The standard InChI is InChI=1S/C8H8Cl2O/c9-5-1-3-7-11-8-4-2-6-10/h1-8H. The smallest absolute Gasteiger partial charge is 0.0901 e. The van der Waals surface area contributed by atoms with E-state index in [2.05, 4.69) is 0 Å². The molecule has 0 heterocycles. The van der Waals surface area contributed by atoms with Gasteiger partial charge in [0.2, 0.25) is 0 Å². The van der Waals surface area contributed by atoms with Gasteiger partial charge in [0.05, 0.1) is 12.5 Å². The van der Waals surface area contributed by atoms with Gasteiger partial charge >= 0.3 is 0 Å². The fourth-order valence-corrected chi connectivity index (χ4v) is 0.479. The Kier molecular flexibility index (Phi) is 8.78. The van der Waals surface area contributed by atoms with Crippen LogP contribution in [0.1, 0.15) is 0 Å². The Morgan fingerprint density at radius 2 is 1.18 bits per heavy atom. The third kappa shape index (κ3) is 9.34. The van der Waals surface area contributed by atoms with Crippen LogP contribution in [0.3, 0.4) is 0 Å². The Morgan fingerprint density at radius 1 is 0.727 bits per heavy atom. The summed E-state index contributed by atoms with van der Waals surface area (Å²) in [6.07, 6.45) is 9.62. The molecule has 0 radical (unpaired) electrons. The third-order valence-corrected chi connectivity index (χ3v) is 0.973. The van der Waals surface area contributed by atoms with Gasteiger partial charge in [-0.1, -0.05) is 23.2 Å². The summed E-state index contributed by atoms with van der Waals surface area (Å²) in [6.45, 7) is 0. The lowest BCUT2D eigenvalue weighted by Gasteiger charge is -1.83. The van der Waals surface area contributed by atoms with Crippen molar-refractivity contribution in [1.29, 1.82) is 0 Å². The maximum absolute atomic E-state index is 5.23. The largest absolute Gasteiger partial charge is 0.473 e. The molecule has 0 aliphatic heterocycles. The summed E-state index contributed by atoms with van der Waals surface area (Å²) < 4.78 is 4.86. The maximum Gasteiger partial charge on any atom is 0.0901 e. The summed E-state index contributed by atoms with van der Waals surface area (Å²) in [5.41, 5.74) is 2.78. The van der Waals surface area contributed by atoms with E-state index in [1.807, 2.05) is 0 Å². The molecular formula is C8H8Cl2O. The van der Waals surface area contributed by atoms with Crippen LogP contribution in [-0.2, 0) is 4.74 Å². The molecular weight excluding hydrogens is 183 g/mol. The second-order valence-electron chi connectivity index (χ2n) is 1.43. The SMILES string of the molecule is ClC=CC=COC=CC=CCl. The second-order valence-corrected chi connectivity index (χ2v) is 1.93. The highest BCUT2D eigenvalue weighted by Crippen LogP contribution is 1.85. The molecule has 3 heteroatoms. The molecule has 0 fully saturated rings. The summed E-state index contributed by atoms with van der Waals surface area (Å²) in [5.74, 6) is 0. The van der Waals surface area contributed by atoms with Gasteiger partial charge in [-0.25, -0.2) is 0 Å². The molecule has 0 spiro atoms. The zero-order valence-electron chi connectivity index (χ0n) is 5.78. The first-order valence-corrected chi connectivity index (χ1v) is 3.78. The van der Waals surface area contributed by atoms with Crippen LogP contribution < -0.4 is 0 Å². The Hall–Kier alpha value is -0.660. The van der Waals surface area contributed by atoms with Crippen LogP contribution in [0.2, 0.25) is 0 Å². The molecule has 0 saturated heterocycles. The molecule has 0 bridgehead atoms. The molecule has 0 aliphatic rings. The van der Waals surface area contributed by atoms with Crippen molar-refractivity contribution in [1.82, 2.24) is 0 Å². The molecule has 0 aromatic rings. The highest BCUT2D eigenvalue weighted by Gasteiger charge is 1.64. The number of hydrogen-bond acceptors (Lipinski definition) is 1. The molecule has 0 unspecified atom stereocenters. The Balaban J connectivity index is 3.40. The molecule has 0 aromatic carbocycles. The van der Waals surface area contributed by atoms with Crippen molar-refractivity contribution >= 4 is 23.2 Å². The first-order valence-electron chi connectivity index (χ1n) is 2.91. The lowest BCUT2D eigenvalue weighted by Crippen LogP contribution is -1.61. The van der Waals surface area contributed by atoms with E-state index in [4.69, 9.17) is 27.9 Å². The van der Waals surface area contributed by atoms with Crippen molar-refractivity contribution in [3.8, 4) is 0 Å². The summed E-state index contributed by atoms with van der Waals surface area (Å²) >= 11 is 10.5. The molecule has 0 aromatic heterocycles. The molecule has 0 aliphatic carbocycles. The van der Waals surface area contributed by atoms with Crippen molar-refractivity contribution in [2.75, 3.05) is 0 Å². The summed E-state index contributed by atoms with van der Waals surface area (Å²) in [7, 11) is 0. The Morgan fingerprint density at radius 3 is 1.55 bits per heavy atom. The number of rotatable bonds is 4. The topological polar surface area (TPSA) is 9.23 Å². The van der Waals surface area contributed by atoms with Crippen molar-refractivity contribution < 1.29 is 4.74 Å². The van der Waals surface area contributed by atoms with E-state index in [9.17, 15) is 0 Å². The van der Waals surface area contributed by atoms with Gasteiger partial charge in [0.15, 0.2) is 0 Å². The zero-order chi connectivity index (χ0) is 8.36. The average Bonchev–Trinajstić information content (AvgIpc) is 2.03. The molecule has 11 heavy (non-hydrogen) atoms. The van der Waals surface area contributed by atoms with Gasteiger partial charge in [-0.3, -0.25) is 0 Å². The van der Waals surface area contributed by atoms with Crippen LogP contribution in [0.4, 0.5) is 0 Å². The summed E-state index contributed by atoms with van der Waals surface area (Å²) in [5, 5.41) is 0. The van der Waals surface area contributed by atoms with E-state index < -0.39 is 0 Å². The second kappa shape index (κ2) is 9.34. The fraction of sp³-hybridized carbons (Fsp3) is 0. The quantitative estimate of drug-likeness (QED) is 0.487. The van der Waals surface area contributed by atoms with Gasteiger partial charge in [0.1, 0.15) is 0 Å². The van der Waals surface area contributed by atoms with E-state index >= 15 is 0 Å². The molecule has 0 rings (SSSR count). The van der Waals surface area contributed by atoms with Crippen LogP contribution >= 0.6 is 23.2 Å². The van der Waals surface area contributed by atoms with Gasteiger partial charge < -0.3 is 4.74 Å². The van der Waals surface area contributed by atoms with Gasteiger partial charge in [0.25, 0.3) is 0 Å². The lowest BCUT2D eigenvalue weighted by molar-refractivity contribution is 0.403. The van der Waals surface area contributed by atoms with Crippen LogP contribution in [-0.4, -0.2) is 0 Å². The fourth-order valence-electron chi connectivity index (χ4n) is 0.311. The first kappa shape index (κ1) is 10.3. The summed E-state index contributed by atoms with van der Waals surface area (Å²) in [4.78, 5) is 0. The lowest BCUT2D eigenvalue weighted by atomic mass is 10.6. The van der Waals surface area contributed by atoms with Crippen molar-refractivity contribution in [2.45, 2.75) is 0 Å². The molecule has 60 valence electrons. The molecule has 0 N–H and O–H groups in total. The van der Waals surface area contributed by atoms with Gasteiger partial charge in [-0.15, -0.1) is 0 Å². The van der Waals surface area contributed by atoms with Gasteiger partial charge in [-0.05, 0) is 24.3 Å². The molecule has 0 amide bonds. The van der Waals surface area contributed by atoms with E-state index in [0.29, 0.717) is 0 Å².